The maximum absolute atomic E-state index is 12.0. The molecule has 0 radical (unpaired) electrons. The molecule has 0 saturated heterocycles. The molecule has 0 aromatic heterocycles. The number of ketones is 1. The Kier molecular flexibility index (Phi) is 6.17. The van der Waals surface area contributed by atoms with E-state index in [1.165, 1.54) is 0 Å². The van der Waals surface area contributed by atoms with Gasteiger partial charge in [0.05, 0.1) is 0 Å². The molecule has 0 N–H and O–H groups in total. The molecular weight excluding hydrogens is 303 g/mol. The standard InChI is InChI=1S/C13H16BrClO2/c1-3-13(17-4-2)12(16)7-9-5-6-10(14)8-11(9)15/h5-6,8,13H,3-4,7H2,1-2H3. The highest BCUT2D eigenvalue weighted by Crippen LogP contribution is 2.22. The Bertz CT molecular complexity index is 393. The van der Waals surface area contributed by atoms with E-state index >= 15 is 0 Å². The van der Waals surface area contributed by atoms with Crippen LogP contribution in [0.15, 0.2) is 22.7 Å². The van der Waals surface area contributed by atoms with Gasteiger partial charge in [0.1, 0.15) is 6.10 Å². The Labute approximate surface area is 115 Å². The van der Waals surface area contributed by atoms with Crippen molar-refractivity contribution < 1.29 is 9.53 Å². The van der Waals surface area contributed by atoms with Crippen LogP contribution in [0, 0.1) is 0 Å². The first-order valence-corrected chi connectivity index (χ1v) is 6.83. The van der Waals surface area contributed by atoms with Gasteiger partial charge >= 0.3 is 0 Å². The maximum atomic E-state index is 12.0. The summed E-state index contributed by atoms with van der Waals surface area (Å²) in [5.74, 6) is 0.0820. The quantitative estimate of drug-likeness (QED) is 0.791. The van der Waals surface area contributed by atoms with E-state index in [-0.39, 0.29) is 11.9 Å². The summed E-state index contributed by atoms with van der Waals surface area (Å²) in [6.07, 6.45) is 0.700. The summed E-state index contributed by atoms with van der Waals surface area (Å²) in [5.41, 5.74) is 0.845. The molecule has 1 aromatic carbocycles. The Morgan fingerprint density at radius 3 is 2.71 bits per heavy atom. The molecule has 0 aliphatic heterocycles. The van der Waals surface area contributed by atoms with Crippen molar-refractivity contribution in [1.29, 1.82) is 0 Å². The van der Waals surface area contributed by atoms with Crippen LogP contribution >= 0.6 is 27.5 Å². The fourth-order valence-electron chi connectivity index (χ4n) is 1.61. The van der Waals surface area contributed by atoms with E-state index in [0.717, 1.165) is 10.0 Å². The molecule has 0 saturated carbocycles. The van der Waals surface area contributed by atoms with Crippen LogP contribution in [0.5, 0.6) is 0 Å². The minimum Gasteiger partial charge on any atom is -0.371 e. The molecule has 1 aromatic rings. The van der Waals surface area contributed by atoms with E-state index in [4.69, 9.17) is 16.3 Å². The van der Waals surface area contributed by atoms with Crippen LogP contribution in [0.2, 0.25) is 5.02 Å². The van der Waals surface area contributed by atoms with Gasteiger partial charge < -0.3 is 4.74 Å². The Balaban J connectivity index is 2.73. The highest BCUT2D eigenvalue weighted by atomic mass is 79.9. The molecule has 94 valence electrons. The van der Waals surface area contributed by atoms with E-state index in [1.54, 1.807) is 6.07 Å². The zero-order chi connectivity index (χ0) is 12.8. The number of benzene rings is 1. The topological polar surface area (TPSA) is 26.3 Å². The number of carbonyl (C=O) groups is 1. The first-order chi connectivity index (χ1) is 8.08. The van der Waals surface area contributed by atoms with Crippen LogP contribution < -0.4 is 0 Å². The second-order valence-electron chi connectivity index (χ2n) is 3.73. The molecular formula is C13H16BrClO2. The zero-order valence-corrected chi connectivity index (χ0v) is 12.3. The van der Waals surface area contributed by atoms with Crippen LogP contribution in [-0.2, 0) is 16.0 Å². The van der Waals surface area contributed by atoms with Crippen molar-refractivity contribution in [1.82, 2.24) is 0 Å². The molecule has 2 nitrogen and oxygen atoms in total. The fraction of sp³-hybridized carbons (Fsp3) is 0.462. The third-order valence-corrected chi connectivity index (χ3v) is 3.32. The molecule has 0 amide bonds. The minimum atomic E-state index is -0.320. The fourth-order valence-corrected chi connectivity index (χ4v) is 2.35. The van der Waals surface area contributed by atoms with Gasteiger partial charge in [0.25, 0.3) is 0 Å². The number of ether oxygens (including phenoxy) is 1. The van der Waals surface area contributed by atoms with Gasteiger partial charge in [-0.25, -0.2) is 0 Å². The van der Waals surface area contributed by atoms with Crippen molar-refractivity contribution in [3.63, 3.8) is 0 Å². The van der Waals surface area contributed by atoms with E-state index < -0.39 is 0 Å². The van der Waals surface area contributed by atoms with Gasteiger partial charge in [-0.3, -0.25) is 4.79 Å². The largest absolute Gasteiger partial charge is 0.371 e. The molecule has 0 bridgehead atoms. The van der Waals surface area contributed by atoms with E-state index in [9.17, 15) is 4.79 Å². The first-order valence-electron chi connectivity index (χ1n) is 5.66. The smallest absolute Gasteiger partial charge is 0.165 e. The van der Waals surface area contributed by atoms with E-state index in [2.05, 4.69) is 15.9 Å². The van der Waals surface area contributed by atoms with Gasteiger partial charge in [-0.2, -0.15) is 0 Å². The molecule has 17 heavy (non-hydrogen) atoms. The molecule has 1 atom stereocenters. The van der Waals surface area contributed by atoms with Crippen molar-refractivity contribution in [2.24, 2.45) is 0 Å². The average Bonchev–Trinajstić information content (AvgIpc) is 2.29. The highest BCUT2D eigenvalue weighted by molar-refractivity contribution is 9.10. The second kappa shape index (κ2) is 7.14. The Morgan fingerprint density at radius 2 is 2.18 bits per heavy atom. The van der Waals surface area contributed by atoms with Gasteiger partial charge in [0, 0.05) is 22.5 Å². The minimum absolute atomic E-state index is 0.0820. The van der Waals surface area contributed by atoms with Crippen LogP contribution in [0.4, 0.5) is 0 Å². The van der Waals surface area contributed by atoms with Crippen molar-refractivity contribution in [2.45, 2.75) is 32.8 Å². The van der Waals surface area contributed by atoms with Crippen molar-refractivity contribution in [3.05, 3.63) is 33.3 Å². The van der Waals surface area contributed by atoms with Crippen LogP contribution in [0.1, 0.15) is 25.8 Å². The lowest BCUT2D eigenvalue weighted by Gasteiger charge is -2.14. The molecule has 1 rings (SSSR count). The van der Waals surface area contributed by atoms with Gasteiger partial charge in [-0.15, -0.1) is 0 Å². The lowest BCUT2D eigenvalue weighted by Crippen LogP contribution is -2.25. The summed E-state index contributed by atoms with van der Waals surface area (Å²) in [5, 5.41) is 0.610. The van der Waals surface area contributed by atoms with Crippen LogP contribution in [0.3, 0.4) is 0 Å². The van der Waals surface area contributed by atoms with E-state index in [0.29, 0.717) is 24.5 Å². The predicted molar refractivity (Wildman–Crippen MR) is 73.6 cm³/mol. The summed E-state index contributed by atoms with van der Waals surface area (Å²) in [6.45, 7) is 4.39. The lowest BCUT2D eigenvalue weighted by molar-refractivity contribution is -0.129. The molecule has 0 spiro atoms. The van der Waals surface area contributed by atoms with Crippen LogP contribution in [0.25, 0.3) is 0 Å². The summed E-state index contributed by atoms with van der Waals surface area (Å²) in [4.78, 5) is 12.0. The van der Waals surface area contributed by atoms with Gasteiger partial charge in [0.2, 0.25) is 0 Å². The van der Waals surface area contributed by atoms with Crippen molar-refractivity contribution >= 4 is 33.3 Å². The third-order valence-electron chi connectivity index (χ3n) is 2.48. The maximum Gasteiger partial charge on any atom is 0.165 e. The Morgan fingerprint density at radius 1 is 1.47 bits per heavy atom. The third kappa shape index (κ3) is 4.41. The van der Waals surface area contributed by atoms with Gasteiger partial charge in [-0.05, 0) is 31.0 Å². The van der Waals surface area contributed by atoms with Gasteiger partial charge in [0.15, 0.2) is 5.78 Å². The summed E-state index contributed by atoms with van der Waals surface area (Å²) in [7, 11) is 0. The number of hydrogen-bond donors (Lipinski definition) is 0. The second-order valence-corrected chi connectivity index (χ2v) is 5.05. The molecule has 1 unspecified atom stereocenters. The molecule has 0 heterocycles. The number of rotatable bonds is 6. The van der Waals surface area contributed by atoms with Crippen molar-refractivity contribution in [3.8, 4) is 0 Å². The lowest BCUT2D eigenvalue weighted by atomic mass is 10.0. The molecule has 0 aliphatic rings. The molecule has 4 heteroatoms. The monoisotopic (exact) mass is 318 g/mol. The van der Waals surface area contributed by atoms with E-state index in [1.807, 2.05) is 26.0 Å². The highest BCUT2D eigenvalue weighted by Gasteiger charge is 2.17. The van der Waals surface area contributed by atoms with Crippen molar-refractivity contribution in [2.75, 3.05) is 6.61 Å². The SMILES string of the molecule is CCOC(CC)C(=O)Cc1ccc(Br)cc1Cl. The average molecular weight is 320 g/mol. The number of hydrogen-bond acceptors (Lipinski definition) is 2. The number of carbonyl (C=O) groups excluding carboxylic acids is 1. The summed E-state index contributed by atoms with van der Waals surface area (Å²) in [6, 6.07) is 5.55. The summed E-state index contributed by atoms with van der Waals surface area (Å²) < 4.78 is 6.30. The first kappa shape index (κ1) is 14.7. The number of Topliss-reactive ketones (excluding diaryl/α,β-unsaturated/α-hetero) is 1. The van der Waals surface area contributed by atoms with Gasteiger partial charge in [-0.1, -0.05) is 40.5 Å². The normalized spacial score (nSPS) is 12.5. The predicted octanol–water partition coefficient (Wildman–Crippen LogP) is 4.03. The summed E-state index contributed by atoms with van der Waals surface area (Å²) >= 11 is 9.41. The Hall–Kier alpha value is -0.380. The zero-order valence-electron chi connectivity index (χ0n) is 10.0. The molecule has 0 aliphatic carbocycles. The number of halogens is 2. The van der Waals surface area contributed by atoms with Crippen LogP contribution in [-0.4, -0.2) is 18.5 Å². The molecule has 0 fully saturated rings.